The van der Waals surface area contributed by atoms with E-state index < -0.39 is 39.8 Å². The highest BCUT2D eigenvalue weighted by Gasteiger charge is 2.40. The van der Waals surface area contributed by atoms with Crippen LogP contribution in [0.5, 0.6) is 0 Å². The molecule has 12 heteroatoms. The number of carbonyl (C=O) groups excluding carboxylic acids is 2. The number of anilines is 2. The first-order valence-electron chi connectivity index (χ1n) is 9.98. The summed E-state index contributed by atoms with van der Waals surface area (Å²) in [5.74, 6) is -0.825. The molecular weight excluding hydrogens is 436 g/mol. The van der Waals surface area contributed by atoms with Crippen LogP contribution in [0.15, 0.2) is 12.1 Å². The summed E-state index contributed by atoms with van der Waals surface area (Å²) in [6.45, 7) is 0.553. The second kappa shape index (κ2) is 8.13. The Kier molecular flexibility index (Phi) is 5.67. The van der Waals surface area contributed by atoms with Crippen LogP contribution in [0.3, 0.4) is 0 Å². The van der Waals surface area contributed by atoms with Gasteiger partial charge in [0.05, 0.1) is 23.7 Å². The van der Waals surface area contributed by atoms with E-state index in [9.17, 15) is 26.8 Å². The molecule has 4 rings (SSSR count). The topological polar surface area (TPSA) is 119 Å². The number of cyclic esters (lactones) is 1. The molecule has 1 unspecified atom stereocenters. The predicted octanol–water partition coefficient (Wildman–Crippen LogP) is 1.65. The van der Waals surface area contributed by atoms with E-state index in [2.05, 4.69) is 4.74 Å². The van der Waals surface area contributed by atoms with Gasteiger partial charge >= 0.3 is 12.2 Å². The fourth-order valence-electron chi connectivity index (χ4n) is 4.47. The zero-order valence-corrected chi connectivity index (χ0v) is 17.4. The van der Waals surface area contributed by atoms with Crippen LogP contribution in [0.4, 0.5) is 29.7 Å². The summed E-state index contributed by atoms with van der Waals surface area (Å²) in [5, 5.41) is 0. The lowest BCUT2D eigenvalue weighted by molar-refractivity contribution is 0.0779. The largest absolute Gasteiger partial charge is 0.446 e. The van der Waals surface area contributed by atoms with E-state index in [-0.39, 0.29) is 47.9 Å². The Hall–Kier alpha value is -2.63. The van der Waals surface area contributed by atoms with Crippen molar-refractivity contribution in [3.05, 3.63) is 23.8 Å². The Bertz CT molecular complexity index is 961. The number of hydrogen-bond acceptors (Lipinski definition) is 7. The van der Waals surface area contributed by atoms with E-state index in [0.29, 0.717) is 25.9 Å². The Morgan fingerprint density at radius 2 is 1.77 bits per heavy atom. The highest BCUT2D eigenvalue weighted by Crippen LogP contribution is 2.37. The first-order chi connectivity index (χ1) is 14.6. The molecule has 0 aliphatic carbocycles. The van der Waals surface area contributed by atoms with Crippen LogP contribution in [-0.4, -0.2) is 64.5 Å². The van der Waals surface area contributed by atoms with Crippen LogP contribution in [0.2, 0.25) is 0 Å². The number of nitrogens with zero attached hydrogens (tertiary/aromatic N) is 2. The maximum atomic E-state index is 14.8. The van der Waals surface area contributed by atoms with Crippen molar-refractivity contribution >= 4 is 33.4 Å². The van der Waals surface area contributed by atoms with Crippen molar-refractivity contribution in [2.75, 3.05) is 47.5 Å². The van der Waals surface area contributed by atoms with Crippen molar-refractivity contribution in [1.82, 2.24) is 0 Å². The molecule has 0 aromatic heterocycles. The van der Waals surface area contributed by atoms with Gasteiger partial charge in [-0.15, -0.1) is 0 Å². The third-order valence-electron chi connectivity index (χ3n) is 6.06. The summed E-state index contributed by atoms with van der Waals surface area (Å²) >= 11 is 0. The summed E-state index contributed by atoms with van der Waals surface area (Å²) in [5.41, 5.74) is 4.72. The predicted molar refractivity (Wildman–Crippen MR) is 107 cm³/mol. The van der Waals surface area contributed by atoms with Gasteiger partial charge in [0, 0.05) is 25.2 Å². The Balaban J connectivity index is 1.41. The zero-order chi connectivity index (χ0) is 22.3. The van der Waals surface area contributed by atoms with Crippen molar-refractivity contribution in [2.24, 2.45) is 17.6 Å². The Labute approximate surface area is 178 Å². The van der Waals surface area contributed by atoms with E-state index >= 15 is 0 Å². The molecule has 0 spiro atoms. The Morgan fingerprint density at radius 3 is 2.32 bits per heavy atom. The number of halogens is 2. The van der Waals surface area contributed by atoms with Gasteiger partial charge in [-0.05, 0) is 24.7 Å². The minimum absolute atomic E-state index is 0.000106. The first-order valence-corrected chi connectivity index (χ1v) is 11.8. The van der Waals surface area contributed by atoms with Crippen molar-refractivity contribution in [3.8, 4) is 0 Å². The quantitative estimate of drug-likeness (QED) is 0.711. The lowest BCUT2D eigenvalue weighted by atomic mass is 9.86. The number of sulfone groups is 1. The van der Waals surface area contributed by atoms with Crippen LogP contribution < -0.4 is 15.5 Å². The Morgan fingerprint density at radius 1 is 1.16 bits per heavy atom. The minimum Gasteiger partial charge on any atom is -0.446 e. The SMILES string of the molecule is NC(=O)OCC1CN(c2cc(F)c(N3CCC(C4CS(=O)(=O)C4)CC3)c(F)c2)C(=O)O1. The van der Waals surface area contributed by atoms with E-state index in [4.69, 9.17) is 10.5 Å². The fraction of sp³-hybridized carbons (Fsp3) is 0.579. The number of piperidine rings is 1. The fourth-order valence-corrected chi connectivity index (χ4v) is 6.23. The molecule has 3 aliphatic heterocycles. The maximum absolute atomic E-state index is 14.8. The third-order valence-corrected chi connectivity index (χ3v) is 7.93. The summed E-state index contributed by atoms with van der Waals surface area (Å²) in [4.78, 5) is 25.4. The lowest BCUT2D eigenvalue weighted by Gasteiger charge is -2.40. The smallest absolute Gasteiger partial charge is 0.414 e. The second-order valence-electron chi connectivity index (χ2n) is 8.17. The number of benzene rings is 1. The van der Waals surface area contributed by atoms with Gasteiger partial charge in [0.15, 0.2) is 27.6 Å². The highest BCUT2D eigenvalue weighted by atomic mass is 32.2. The van der Waals surface area contributed by atoms with Gasteiger partial charge in [0.1, 0.15) is 12.3 Å². The van der Waals surface area contributed by atoms with Gasteiger partial charge in [-0.1, -0.05) is 0 Å². The number of nitrogens with two attached hydrogens (primary N) is 1. The number of ether oxygens (including phenoxy) is 2. The van der Waals surface area contributed by atoms with Gasteiger partial charge < -0.3 is 20.1 Å². The zero-order valence-electron chi connectivity index (χ0n) is 16.6. The van der Waals surface area contributed by atoms with Gasteiger partial charge in [-0.2, -0.15) is 0 Å². The summed E-state index contributed by atoms with van der Waals surface area (Å²) in [6.07, 6.45) is -1.28. The molecule has 9 nitrogen and oxygen atoms in total. The standard InChI is InChI=1S/C19H23F2N3O6S/c20-15-5-13(24-7-14(30-19(24)26)8-29-18(22)25)6-16(21)17(15)23-3-1-11(2-4-23)12-9-31(27,28)10-12/h5-6,11-12,14H,1-4,7-10H2,(H2,22,25). The van der Waals surface area contributed by atoms with Gasteiger partial charge in [0.25, 0.3) is 0 Å². The van der Waals surface area contributed by atoms with Crippen LogP contribution >= 0.6 is 0 Å². The molecule has 31 heavy (non-hydrogen) atoms. The average Bonchev–Trinajstić information content (AvgIpc) is 3.05. The van der Waals surface area contributed by atoms with Crippen molar-refractivity contribution in [3.63, 3.8) is 0 Å². The number of carbonyl (C=O) groups is 2. The summed E-state index contributed by atoms with van der Waals surface area (Å²) < 4.78 is 62.1. The molecule has 0 radical (unpaired) electrons. The monoisotopic (exact) mass is 459 g/mol. The summed E-state index contributed by atoms with van der Waals surface area (Å²) in [7, 11) is -2.90. The molecule has 1 aromatic rings. The number of primary amides is 1. The van der Waals surface area contributed by atoms with Gasteiger partial charge in [0.2, 0.25) is 0 Å². The molecule has 1 atom stereocenters. The summed E-state index contributed by atoms with van der Waals surface area (Å²) in [6, 6.07) is 2.14. The normalized spacial score (nSPS) is 24.1. The van der Waals surface area contributed by atoms with Crippen LogP contribution in [0.25, 0.3) is 0 Å². The molecule has 0 bridgehead atoms. The van der Waals surface area contributed by atoms with Crippen molar-refractivity contribution < 1.29 is 36.3 Å². The van der Waals surface area contributed by atoms with Crippen LogP contribution in [0, 0.1) is 23.5 Å². The highest BCUT2D eigenvalue weighted by molar-refractivity contribution is 7.92. The van der Waals surface area contributed by atoms with Crippen molar-refractivity contribution in [1.29, 1.82) is 0 Å². The van der Waals surface area contributed by atoms with E-state index in [1.54, 1.807) is 4.90 Å². The molecule has 170 valence electrons. The number of rotatable bonds is 5. The van der Waals surface area contributed by atoms with Crippen molar-refractivity contribution in [2.45, 2.75) is 18.9 Å². The van der Waals surface area contributed by atoms with Gasteiger partial charge in [-0.3, -0.25) is 4.90 Å². The average molecular weight is 459 g/mol. The molecule has 1 aromatic carbocycles. The molecular formula is C19H23F2N3O6S. The van der Waals surface area contributed by atoms with Crippen LogP contribution in [-0.2, 0) is 19.3 Å². The van der Waals surface area contributed by atoms with Gasteiger partial charge in [-0.25, -0.2) is 26.8 Å². The maximum Gasteiger partial charge on any atom is 0.414 e. The molecule has 3 heterocycles. The van der Waals surface area contributed by atoms with E-state index in [0.717, 1.165) is 17.0 Å². The molecule has 0 saturated carbocycles. The van der Waals surface area contributed by atoms with Crippen LogP contribution in [0.1, 0.15) is 12.8 Å². The number of amides is 2. The minimum atomic E-state index is -2.90. The molecule has 2 N–H and O–H groups in total. The van der Waals surface area contributed by atoms with E-state index in [1.807, 2.05) is 0 Å². The second-order valence-corrected chi connectivity index (χ2v) is 10.3. The van der Waals surface area contributed by atoms with E-state index in [1.165, 1.54) is 0 Å². The molecule has 2 amide bonds. The molecule has 3 aliphatic rings. The molecule has 3 fully saturated rings. The lowest BCUT2D eigenvalue weighted by Crippen LogP contribution is -2.46. The molecule has 3 saturated heterocycles. The number of hydrogen-bond donors (Lipinski definition) is 1. The first kappa shape index (κ1) is 21.6. The third kappa shape index (κ3) is 4.53.